The molecule has 1 aromatic rings. The lowest BCUT2D eigenvalue weighted by Gasteiger charge is -2.46. The normalized spacial score (nSPS) is 33.2. The SMILES string of the molecule is CN(C)C1(C)CCCC1(C)c1cccc(O)c1. The van der Waals surface area contributed by atoms with Gasteiger partial charge < -0.3 is 10.0 Å². The number of benzene rings is 1. The first-order valence-electron chi connectivity index (χ1n) is 6.37. The van der Waals surface area contributed by atoms with E-state index in [-0.39, 0.29) is 11.0 Å². The summed E-state index contributed by atoms with van der Waals surface area (Å²) in [7, 11) is 4.32. The predicted octanol–water partition coefficient (Wildman–Crippen LogP) is 3.15. The first-order chi connectivity index (χ1) is 7.90. The van der Waals surface area contributed by atoms with Crippen LogP contribution in [0.25, 0.3) is 0 Å². The highest BCUT2D eigenvalue weighted by Crippen LogP contribution is 2.50. The van der Waals surface area contributed by atoms with Crippen LogP contribution in [0.4, 0.5) is 0 Å². The number of phenolic OH excluding ortho intramolecular Hbond substituents is 1. The molecule has 2 atom stereocenters. The Labute approximate surface area is 104 Å². The van der Waals surface area contributed by atoms with E-state index in [9.17, 15) is 5.11 Å². The van der Waals surface area contributed by atoms with Gasteiger partial charge in [-0.1, -0.05) is 25.5 Å². The van der Waals surface area contributed by atoms with Gasteiger partial charge >= 0.3 is 0 Å². The maximum atomic E-state index is 9.68. The van der Waals surface area contributed by atoms with Crippen molar-refractivity contribution in [3.8, 4) is 5.75 Å². The fourth-order valence-corrected chi connectivity index (χ4v) is 3.35. The second kappa shape index (κ2) is 4.02. The third kappa shape index (κ3) is 1.75. The van der Waals surface area contributed by atoms with Crippen LogP contribution in [0.3, 0.4) is 0 Å². The molecule has 0 amide bonds. The van der Waals surface area contributed by atoms with Gasteiger partial charge in [0.25, 0.3) is 0 Å². The predicted molar refractivity (Wildman–Crippen MR) is 71.4 cm³/mol. The van der Waals surface area contributed by atoms with Gasteiger partial charge in [0.05, 0.1) is 0 Å². The van der Waals surface area contributed by atoms with Crippen LogP contribution in [0.1, 0.15) is 38.7 Å². The number of aromatic hydroxyl groups is 1. The van der Waals surface area contributed by atoms with E-state index in [1.165, 1.54) is 24.8 Å². The molecule has 1 aromatic carbocycles. The molecule has 1 fully saturated rings. The molecule has 0 saturated heterocycles. The summed E-state index contributed by atoms with van der Waals surface area (Å²) in [6, 6.07) is 7.76. The highest BCUT2D eigenvalue weighted by molar-refractivity contribution is 5.37. The van der Waals surface area contributed by atoms with Crippen LogP contribution in [0.5, 0.6) is 5.75 Å². The minimum absolute atomic E-state index is 0.120. The molecule has 0 heterocycles. The maximum Gasteiger partial charge on any atom is 0.115 e. The zero-order chi connectivity index (χ0) is 12.7. The summed E-state index contributed by atoms with van der Waals surface area (Å²) >= 11 is 0. The summed E-state index contributed by atoms with van der Waals surface area (Å²) in [4.78, 5) is 2.34. The van der Waals surface area contributed by atoms with Crippen LogP contribution < -0.4 is 0 Å². The van der Waals surface area contributed by atoms with Gasteiger partial charge in [-0.3, -0.25) is 0 Å². The molecule has 0 aliphatic heterocycles. The van der Waals surface area contributed by atoms with E-state index in [0.717, 1.165) is 0 Å². The number of hydrogen-bond acceptors (Lipinski definition) is 2. The van der Waals surface area contributed by atoms with Gasteiger partial charge in [0.15, 0.2) is 0 Å². The third-order valence-corrected chi connectivity index (χ3v) is 5.00. The first kappa shape index (κ1) is 12.4. The van der Waals surface area contributed by atoms with Gasteiger partial charge in [-0.05, 0) is 51.6 Å². The standard InChI is InChI=1S/C15H23NO/c1-14(12-7-5-8-13(17)11-12)9-6-10-15(14,2)16(3)4/h5,7-8,11,17H,6,9-10H2,1-4H3. The van der Waals surface area contributed by atoms with E-state index < -0.39 is 0 Å². The van der Waals surface area contributed by atoms with Crippen LogP contribution in [-0.4, -0.2) is 29.6 Å². The Morgan fingerprint density at radius 2 is 1.88 bits per heavy atom. The molecule has 1 saturated carbocycles. The summed E-state index contributed by atoms with van der Waals surface area (Å²) in [5, 5.41) is 9.68. The van der Waals surface area contributed by atoms with Crippen LogP contribution in [0.15, 0.2) is 24.3 Å². The summed E-state index contributed by atoms with van der Waals surface area (Å²) in [6.45, 7) is 4.67. The molecule has 1 aliphatic rings. The van der Waals surface area contributed by atoms with Crippen molar-refractivity contribution in [3.63, 3.8) is 0 Å². The molecule has 0 aromatic heterocycles. The van der Waals surface area contributed by atoms with E-state index in [4.69, 9.17) is 0 Å². The molecule has 2 unspecified atom stereocenters. The fraction of sp³-hybridized carbons (Fsp3) is 0.600. The molecule has 1 N–H and O–H groups in total. The van der Waals surface area contributed by atoms with Crippen molar-refractivity contribution >= 4 is 0 Å². The first-order valence-corrected chi connectivity index (χ1v) is 6.37. The van der Waals surface area contributed by atoms with Gasteiger partial charge in [-0.25, -0.2) is 0 Å². The third-order valence-electron chi connectivity index (χ3n) is 5.00. The lowest BCUT2D eigenvalue weighted by atomic mass is 9.69. The van der Waals surface area contributed by atoms with Crippen LogP contribution in [-0.2, 0) is 5.41 Å². The van der Waals surface area contributed by atoms with Crippen molar-refractivity contribution < 1.29 is 5.11 Å². The topological polar surface area (TPSA) is 23.5 Å². The minimum atomic E-state index is 0.120. The second-order valence-electron chi connectivity index (χ2n) is 5.90. The Hall–Kier alpha value is -1.02. The molecule has 94 valence electrons. The van der Waals surface area contributed by atoms with E-state index >= 15 is 0 Å². The Balaban J connectivity index is 2.48. The highest BCUT2D eigenvalue weighted by atomic mass is 16.3. The minimum Gasteiger partial charge on any atom is -0.508 e. The van der Waals surface area contributed by atoms with Gasteiger partial charge in [-0.2, -0.15) is 0 Å². The van der Waals surface area contributed by atoms with Crippen LogP contribution in [0.2, 0.25) is 0 Å². The average molecular weight is 233 g/mol. The lowest BCUT2D eigenvalue weighted by molar-refractivity contribution is 0.105. The molecular weight excluding hydrogens is 210 g/mol. The number of likely N-dealkylation sites (N-methyl/N-ethyl adjacent to an activating group) is 1. The molecule has 2 nitrogen and oxygen atoms in total. The fourth-order valence-electron chi connectivity index (χ4n) is 3.35. The maximum absolute atomic E-state index is 9.68. The molecule has 0 spiro atoms. The monoisotopic (exact) mass is 233 g/mol. The molecule has 0 bridgehead atoms. The van der Waals surface area contributed by atoms with Crippen LogP contribution in [0, 0.1) is 0 Å². The number of nitrogens with zero attached hydrogens (tertiary/aromatic N) is 1. The average Bonchev–Trinajstić information content (AvgIpc) is 2.58. The van der Waals surface area contributed by atoms with Gasteiger partial charge in [0.1, 0.15) is 5.75 Å². The number of hydrogen-bond donors (Lipinski definition) is 1. The van der Waals surface area contributed by atoms with Gasteiger partial charge in [-0.15, -0.1) is 0 Å². The van der Waals surface area contributed by atoms with E-state index in [1.807, 2.05) is 12.1 Å². The Bertz CT molecular complexity index is 415. The van der Waals surface area contributed by atoms with Crippen molar-refractivity contribution in [1.82, 2.24) is 4.90 Å². The lowest BCUT2D eigenvalue weighted by Crippen LogP contribution is -2.53. The van der Waals surface area contributed by atoms with Crippen molar-refractivity contribution in [2.45, 2.75) is 44.1 Å². The van der Waals surface area contributed by atoms with Gasteiger partial charge in [0.2, 0.25) is 0 Å². The molecule has 0 radical (unpaired) electrons. The van der Waals surface area contributed by atoms with E-state index in [1.54, 1.807) is 6.07 Å². The molecular formula is C15H23NO. The quantitative estimate of drug-likeness (QED) is 0.848. The molecule has 2 rings (SSSR count). The second-order valence-corrected chi connectivity index (χ2v) is 5.90. The largest absolute Gasteiger partial charge is 0.508 e. The zero-order valence-corrected chi connectivity index (χ0v) is 11.3. The summed E-state index contributed by atoms with van der Waals surface area (Å²) in [6.07, 6.45) is 3.65. The van der Waals surface area contributed by atoms with Crippen molar-refractivity contribution in [2.24, 2.45) is 0 Å². The summed E-state index contributed by atoms with van der Waals surface area (Å²) < 4.78 is 0. The van der Waals surface area contributed by atoms with Crippen LogP contribution >= 0.6 is 0 Å². The Kier molecular flexibility index (Phi) is 2.94. The van der Waals surface area contributed by atoms with Crippen molar-refractivity contribution in [2.75, 3.05) is 14.1 Å². The Morgan fingerprint density at radius 3 is 2.47 bits per heavy atom. The molecule has 17 heavy (non-hydrogen) atoms. The molecule has 1 aliphatic carbocycles. The highest BCUT2D eigenvalue weighted by Gasteiger charge is 2.50. The van der Waals surface area contributed by atoms with Crippen molar-refractivity contribution in [1.29, 1.82) is 0 Å². The van der Waals surface area contributed by atoms with E-state index in [2.05, 4.69) is 38.9 Å². The zero-order valence-electron chi connectivity index (χ0n) is 11.3. The van der Waals surface area contributed by atoms with Gasteiger partial charge in [0, 0.05) is 11.0 Å². The summed E-state index contributed by atoms with van der Waals surface area (Å²) in [5.74, 6) is 0.372. The van der Waals surface area contributed by atoms with Crippen molar-refractivity contribution in [3.05, 3.63) is 29.8 Å². The Morgan fingerprint density at radius 1 is 1.18 bits per heavy atom. The molecule has 2 heteroatoms. The van der Waals surface area contributed by atoms with E-state index in [0.29, 0.717) is 5.75 Å². The smallest absolute Gasteiger partial charge is 0.115 e. The number of phenols is 1. The summed E-state index contributed by atoms with van der Waals surface area (Å²) in [5.41, 5.74) is 1.54. The number of rotatable bonds is 2.